The fraction of sp³-hybridized carbons (Fsp3) is 0.304. The second kappa shape index (κ2) is 5.75. The predicted molar refractivity (Wildman–Crippen MR) is 101 cm³/mol. The van der Waals surface area contributed by atoms with Gasteiger partial charge in [0.15, 0.2) is 0 Å². The predicted octanol–water partition coefficient (Wildman–Crippen LogP) is 5.08. The maximum absolute atomic E-state index is 2.72. The molecule has 2 aliphatic heterocycles. The Balaban J connectivity index is 1.44. The van der Waals surface area contributed by atoms with E-state index in [-0.39, 0.29) is 0 Å². The summed E-state index contributed by atoms with van der Waals surface area (Å²) in [4.78, 5) is 2.72. The van der Waals surface area contributed by atoms with Gasteiger partial charge in [-0.1, -0.05) is 66.8 Å². The van der Waals surface area contributed by atoms with Gasteiger partial charge in [-0.05, 0) is 53.5 Å². The first-order valence-electron chi connectivity index (χ1n) is 9.17. The van der Waals surface area contributed by atoms with Crippen LogP contribution >= 0.6 is 0 Å². The molecule has 0 radical (unpaired) electrons. The largest absolute Gasteiger partial charge is 0.289 e. The first-order valence-corrected chi connectivity index (χ1v) is 9.17. The quantitative estimate of drug-likeness (QED) is 0.764. The maximum atomic E-state index is 2.72. The molecule has 2 bridgehead atoms. The zero-order valence-corrected chi connectivity index (χ0v) is 14.0. The fourth-order valence-corrected chi connectivity index (χ4v) is 4.75. The lowest BCUT2D eigenvalue weighted by molar-refractivity contribution is 0.203. The van der Waals surface area contributed by atoms with Crippen LogP contribution in [0.1, 0.15) is 41.5 Å². The average Bonchev–Trinajstić information content (AvgIpc) is 3.17. The molecule has 1 fully saturated rings. The first-order chi connectivity index (χ1) is 11.9. The molecule has 0 aromatic heterocycles. The van der Waals surface area contributed by atoms with E-state index in [2.05, 4.69) is 71.7 Å². The highest BCUT2D eigenvalue weighted by Gasteiger charge is 2.36. The van der Waals surface area contributed by atoms with Crippen molar-refractivity contribution in [1.29, 1.82) is 0 Å². The Bertz CT molecular complexity index is 815. The van der Waals surface area contributed by atoms with E-state index in [0.717, 1.165) is 13.0 Å². The molecule has 2 unspecified atom stereocenters. The molecule has 2 aromatic carbocycles. The van der Waals surface area contributed by atoms with E-state index >= 15 is 0 Å². The molecule has 2 heterocycles. The SMILES string of the molecule is C1=Cc2cccc(C3=CC4CCC(C3)N4Cc3ccccc3)c2C1. The summed E-state index contributed by atoms with van der Waals surface area (Å²) < 4.78 is 0. The Kier molecular flexibility index (Phi) is 3.41. The molecule has 1 nitrogen and oxygen atoms in total. The topological polar surface area (TPSA) is 3.24 Å². The molecule has 2 aromatic rings. The molecule has 24 heavy (non-hydrogen) atoms. The monoisotopic (exact) mass is 313 g/mol. The van der Waals surface area contributed by atoms with Crippen molar-refractivity contribution in [2.75, 3.05) is 0 Å². The number of rotatable bonds is 3. The van der Waals surface area contributed by atoms with E-state index in [9.17, 15) is 0 Å². The van der Waals surface area contributed by atoms with Crippen LogP contribution in [0.4, 0.5) is 0 Å². The summed E-state index contributed by atoms with van der Waals surface area (Å²) in [6.45, 7) is 1.09. The summed E-state index contributed by atoms with van der Waals surface area (Å²) >= 11 is 0. The molecule has 0 saturated carbocycles. The lowest BCUT2D eigenvalue weighted by atomic mass is 9.89. The Hall–Kier alpha value is -2.12. The molecule has 1 heteroatoms. The van der Waals surface area contributed by atoms with Crippen molar-refractivity contribution in [2.45, 2.75) is 44.3 Å². The van der Waals surface area contributed by atoms with E-state index in [1.54, 1.807) is 11.1 Å². The first kappa shape index (κ1) is 14.2. The van der Waals surface area contributed by atoms with Crippen molar-refractivity contribution in [2.24, 2.45) is 0 Å². The Labute approximate surface area is 144 Å². The summed E-state index contributed by atoms with van der Waals surface area (Å²) in [5, 5.41) is 0. The maximum Gasteiger partial charge on any atom is 0.0291 e. The minimum atomic E-state index is 0.615. The average molecular weight is 313 g/mol. The van der Waals surface area contributed by atoms with Crippen LogP contribution < -0.4 is 0 Å². The Morgan fingerprint density at radius 1 is 0.958 bits per heavy atom. The van der Waals surface area contributed by atoms with Crippen LogP contribution in [0.5, 0.6) is 0 Å². The van der Waals surface area contributed by atoms with Gasteiger partial charge in [0.2, 0.25) is 0 Å². The third-order valence-electron chi connectivity index (χ3n) is 5.93. The zero-order valence-electron chi connectivity index (χ0n) is 14.0. The molecule has 120 valence electrons. The molecular formula is C23H23N. The van der Waals surface area contributed by atoms with Gasteiger partial charge in [0, 0.05) is 18.6 Å². The lowest BCUT2D eigenvalue weighted by Gasteiger charge is -2.34. The number of hydrogen-bond donors (Lipinski definition) is 0. The van der Waals surface area contributed by atoms with Crippen LogP contribution in [0.2, 0.25) is 0 Å². The van der Waals surface area contributed by atoms with Crippen molar-refractivity contribution in [3.05, 3.63) is 82.9 Å². The number of fused-ring (bicyclic) bond motifs is 3. The summed E-state index contributed by atoms with van der Waals surface area (Å²) in [7, 11) is 0. The van der Waals surface area contributed by atoms with Crippen LogP contribution in [0.15, 0.2) is 60.7 Å². The van der Waals surface area contributed by atoms with Gasteiger partial charge < -0.3 is 0 Å². The van der Waals surface area contributed by atoms with Crippen LogP contribution in [-0.2, 0) is 13.0 Å². The van der Waals surface area contributed by atoms with Gasteiger partial charge in [0.05, 0.1) is 0 Å². The van der Waals surface area contributed by atoms with E-state index in [1.165, 1.54) is 36.0 Å². The minimum absolute atomic E-state index is 0.615. The standard InChI is InChI=1S/C23H23N/c1-2-6-17(7-3-1)16-24-20-12-13-21(24)15-19(14-20)23-11-5-9-18-8-4-10-22(18)23/h1-9,11,14,20-21H,10,12-13,15-16H2. The van der Waals surface area contributed by atoms with Crippen molar-refractivity contribution in [1.82, 2.24) is 4.90 Å². The van der Waals surface area contributed by atoms with Crippen LogP contribution in [0, 0.1) is 0 Å². The number of allylic oxidation sites excluding steroid dienone is 1. The molecule has 2 atom stereocenters. The summed E-state index contributed by atoms with van der Waals surface area (Å²) in [5.41, 5.74) is 7.50. The third kappa shape index (κ3) is 2.35. The minimum Gasteiger partial charge on any atom is -0.289 e. The third-order valence-corrected chi connectivity index (χ3v) is 5.93. The van der Waals surface area contributed by atoms with Gasteiger partial charge in [-0.25, -0.2) is 0 Å². The summed E-state index contributed by atoms with van der Waals surface area (Å²) in [6.07, 6.45) is 12.1. The van der Waals surface area contributed by atoms with E-state index in [1.807, 2.05) is 0 Å². The van der Waals surface area contributed by atoms with Crippen molar-refractivity contribution >= 4 is 11.6 Å². The fourth-order valence-electron chi connectivity index (χ4n) is 4.75. The van der Waals surface area contributed by atoms with Crippen molar-refractivity contribution < 1.29 is 0 Å². The number of nitrogens with zero attached hydrogens (tertiary/aromatic N) is 1. The van der Waals surface area contributed by atoms with Gasteiger partial charge >= 0.3 is 0 Å². The normalized spacial score (nSPS) is 24.9. The Morgan fingerprint density at radius 3 is 2.75 bits per heavy atom. The number of benzene rings is 2. The molecule has 3 aliphatic rings. The van der Waals surface area contributed by atoms with Gasteiger partial charge in [0.1, 0.15) is 0 Å². The number of hydrogen-bond acceptors (Lipinski definition) is 1. The van der Waals surface area contributed by atoms with Crippen LogP contribution in [0.25, 0.3) is 11.6 Å². The molecule has 0 amide bonds. The lowest BCUT2D eigenvalue weighted by Crippen LogP contribution is -2.37. The van der Waals surface area contributed by atoms with Gasteiger partial charge in [-0.3, -0.25) is 4.90 Å². The molecule has 1 saturated heterocycles. The molecule has 0 spiro atoms. The van der Waals surface area contributed by atoms with Crippen molar-refractivity contribution in [3.8, 4) is 0 Å². The highest BCUT2D eigenvalue weighted by Crippen LogP contribution is 2.41. The Morgan fingerprint density at radius 2 is 1.88 bits per heavy atom. The molecule has 1 aliphatic carbocycles. The highest BCUT2D eigenvalue weighted by atomic mass is 15.2. The second-order valence-corrected chi connectivity index (χ2v) is 7.33. The van der Waals surface area contributed by atoms with E-state index in [0.29, 0.717) is 12.1 Å². The van der Waals surface area contributed by atoms with Gasteiger partial charge in [0.25, 0.3) is 0 Å². The summed E-state index contributed by atoms with van der Waals surface area (Å²) in [5.74, 6) is 0. The van der Waals surface area contributed by atoms with Crippen molar-refractivity contribution in [3.63, 3.8) is 0 Å². The highest BCUT2D eigenvalue weighted by molar-refractivity contribution is 5.76. The zero-order chi connectivity index (χ0) is 15.9. The molecule has 5 rings (SSSR count). The van der Waals surface area contributed by atoms with Gasteiger partial charge in [-0.2, -0.15) is 0 Å². The molecular weight excluding hydrogens is 290 g/mol. The van der Waals surface area contributed by atoms with Crippen LogP contribution in [-0.4, -0.2) is 17.0 Å². The molecule has 0 N–H and O–H groups in total. The van der Waals surface area contributed by atoms with Gasteiger partial charge in [-0.15, -0.1) is 0 Å². The smallest absolute Gasteiger partial charge is 0.0291 e. The second-order valence-electron chi connectivity index (χ2n) is 7.33. The van der Waals surface area contributed by atoms with E-state index in [4.69, 9.17) is 0 Å². The van der Waals surface area contributed by atoms with Crippen LogP contribution in [0.3, 0.4) is 0 Å². The summed E-state index contributed by atoms with van der Waals surface area (Å²) in [6, 6.07) is 19.1. The van der Waals surface area contributed by atoms with E-state index < -0.39 is 0 Å².